The first-order chi connectivity index (χ1) is 10.0. The number of piperidine rings is 1. The summed E-state index contributed by atoms with van der Waals surface area (Å²) in [5.74, 6) is 0.0728. The van der Waals surface area contributed by atoms with Crippen LogP contribution in [0.3, 0.4) is 0 Å². The number of carbonyl (C=O) groups is 1. The van der Waals surface area contributed by atoms with E-state index in [-0.39, 0.29) is 5.91 Å². The summed E-state index contributed by atoms with van der Waals surface area (Å²) in [6.07, 6.45) is 4.28. The smallest absolute Gasteiger partial charge is 0.225 e. The van der Waals surface area contributed by atoms with Crippen molar-refractivity contribution in [2.75, 3.05) is 30.7 Å². The van der Waals surface area contributed by atoms with Crippen LogP contribution in [0.25, 0.3) is 0 Å². The number of benzene rings is 1. The third-order valence-corrected chi connectivity index (χ3v) is 4.77. The molecule has 21 heavy (non-hydrogen) atoms. The van der Waals surface area contributed by atoms with Crippen molar-refractivity contribution in [3.63, 3.8) is 0 Å². The number of rotatable bonds is 5. The normalized spacial score (nSPS) is 18.4. The van der Waals surface area contributed by atoms with E-state index in [0.29, 0.717) is 17.5 Å². The summed E-state index contributed by atoms with van der Waals surface area (Å²) in [5, 5.41) is 2.91. The first kappa shape index (κ1) is 15.8. The second kappa shape index (κ2) is 6.94. The highest BCUT2D eigenvalue weighted by Gasteiger charge is 2.28. The van der Waals surface area contributed by atoms with Gasteiger partial charge in [-0.15, -0.1) is 0 Å². The van der Waals surface area contributed by atoms with Gasteiger partial charge in [-0.1, -0.05) is 20.3 Å². The quantitative estimate of drug-likeness (QED) is 0.819. The minimum Gasteiger partial charge on any atom is -0.399 e. The maximum Gasteiger partial charge on any atom is 0.225 e. The van der Waals surface area contributed by atoms with Gasteiger partial charge in [-0.3, -0.25) is 4.79 Å². The van der Waals surface area contributed by atoms with Crippen LogP contribution < -0.4 is 11.1 Å². The fourth-order valence-corrected chi connectivity index (χ4v) is 2.72. The molecular formula is C17H27N3O. The Hall–Kier alpha value is -1.55. The van der Waals surface area contributed by atoms with Gasteiger partial charge in [-0.05, 0) is 55.6 Å². The molecule has 1 aliphatic rings. The summed E-state index contributed by atoms with van der Waals surface area (Å²) < 4.78 is 0. The minimum absolute atomic E-state index is 0.0728. The van der Waals surface area contributed by atoms with Crippen molar-refractivity contribution in [1.82, 2.24) is 4.90 Å². The molecule has 0 saturated carbocycles. The first-order valence-electron chi connectivity index (χ1n) is 7.88. The molecule has 0 spiro atoms. The van der Waals surface area contributed by atoms with Crippen molar-refractivity contribution in [1.29, 1.82) is 0 Å². The molecular weight excluding hydrogens is 262 g/mol. The average Bonchev–Trinajstić information content (AvgIpc) is 2.49. The predicted molar refractivity (Wildman–Crippen MR) is 88.2 cm³/mol. The molecule has 0 aliphatic carbocycles. The van der Waals surface area contributed by atoms with Gasteiger partial charge in [0.1, 0.15) is 0 Å². The molecule has 0 radical (unpaired) electrons. The Morgan fingerprint density at radius 3 is 2.48 bits per heavy atom. The molecule has 1 heterocycles. The molecule has 1 aliphatic heterocycles. The number of anilines is 2. The molecule has 1 aromatic carbocycles. The van der Waals surface area contributed by atoms with Crippen molar-refractivity contribution in [3.8, 4) is 0 Å². The number of nitrogen functional groups attached to an aromatic ring is 1. The highest BCUT2D eigenvalue weighted by Crippen LogP contribution is 2.33. The molecule has 0 unspecified atom stereocenters. The van der Waals surface area contributed by atoms with Gasteiger partial charge in [0.15, 0.2) is 0 Å². The standard InChI is InChI=1S/C17H27N3O/c1-3-17(2)9-12-20(13-10-17)11-8-16(21)19-15-6-4-14(18)5-7-15/h4-7H,3,8-13,18H2,1-2H3,(H,19,21). The number of amides is 1. The lowest BCUT2D eigenvalue weighted by molar-refractivity contribution is -0.116. The fraction of sp³-hybridized carbons (Fsp3) is 0.588. The van der Waals surface area contributed by atoms with Crippen LogP contribution in [0, 0.1) is 5.41 Å². The number of hydrogen-bond donors (Lipinski definition) is 2. The van der Waals surface area contributed by atoms with Gasteiger partial charge in [-0.25, -0.2) is 0 Å². The van der Waals surface area contributed by atoms with Crippen molar-refractivity contribution < 1.29 is 4.79 Å². The second-order valence-corrected chi connectivity index (χ2v) is 6.43. The number of likely N-dealkylation sites (tertiary alicyclic amines) is 1. The number of nitrogens with one attached hydrogen (secondary N) is 1. The molecule has 4 nitrogen and oxygen atoms in total. The van der Waals surface area contributed by atoms with Crippen molar-refractivity contribution in [2.45, 2.75) is 39.5 Å². The van der Waals surface area contributed by atoms with Crippen LogP contribution in [-0.2, 0) is 4.79 Å². The van der Waals surface area contributed by atoms with E-state index >= 15 is 0 Å². The third-order valence-electron chi connectivity index (χ3n) is 4.77. The summed E-state index contributed by atoms with van der Waals surface area (Å²) in [5.41, 5.74) is 7.65. The number of nitrogens with two attached hydrogens (primary N) is 1. The van der Waals surface area contributed by atoms with Gasteiger partial charge in [0.2, 0.25) is 5.91 Å². The highest BCUT2D eigenvalue weighted by atomic mass is 16.1. The van der Waals surface area contributed by atoms with E-state index < -0.39 is 0 Å². The van der Waals surface area contributed by atoms with Gasteiger partial charge < -0.3 is 16.0 Å². The summed E-state index contributed by atoms with van der Waals surface area (Å²) in [6.45, 7) is 7.72. The van der Waals surface area contributed by atoms with Crippen LogP contribution in [0.5, 0.6) is 0 Å². The van der Waals surface area contributed by atoms with Gasteiger partial charge in [0, 0.05) is 24.3 Å². The molecule has 1 fully saturated rings. The molecule has 2 rings (SSSR count). The van der Waals surface area contributed by atoms with E-state index in [2.05, 4.69) is 24.1 Å². The zero-order valence-electron chi connectivity index (χ0n) is 13.2. The molecule has 0 aromatic heterocycles. The Kier molecular flexibility index (Phi) is 5.23. The van der Waals surface area contributed by atoms with Crippen LogP contribution in [0.4, 0.5) is 11.4 Å². The van der Waals surface area contributed by atoms with Crippen molar-refractivity contribution in [2.24, 2.45) is 5.41 Å². The monoisotopic (exact) mass is 289 g/mol. The van der Waals surface area contributed by atoms with Crippen LogP contribution in [0.1, 0.15) is 39.5 Å². The maximum atomic E-state index is 12.0. The van der Waals surface area contributed by atoms with E-state index in [4.69, 9.17) is 5.73 Å². The van der Waals surface area contributed by atoms with Crippen LogP contribution in [0.15, 0.2) is 24.3 Å². The molecule has 4 heteroatoms. The lowest BCUT2D eigenvalue weighted by Gasteiger charge is -2.38. The summed E-state index contributed by atoms with van der Waals surface area (Å²) in [4.78, 5) is 14.4. The maximum absolute atomic E-state index is 12.0. The van der Waals surface area contributed by atoms with Gasteiger partial charge in [-0.2, -0.15) is 0 Å². The van der Waals surface area contributed by atoms with Crippen molar-refractivity contribution >= 4 is 17.3 Å². The van der Waals surface area contributed by atoms with E-state index in [0.717, 1.165) is 25.3 Å². The van der Waals surface area contributed by atoms with Gasteiger partial charge in [0.05, 0.1) is 0 Å². The molecule has 1 amide bonds. The molecule has 3 N–H and O–H groups in total. The molecule has 0 atom stereocenters. The lowest BCUT2D eigenvalue weighted by atomic mass is 9.78. The summed E-state index contributed by atoms with van der Waals surface area (Å²) in [7, 11) is 0. The molecule has 116 valence electrons. The third kappa shape index (κ3) is 4.74. The second-order valence-electron chi connectivity index (χ2n) is 6.43. The number of hydrogen-bond acceptors (Lipinski definition) is 3. The zero-order chi connectivity index (χ0) is 15.3. The largest absolute Gasteiger partial charge is 0.399 e. The van der Waals surface area contributed by atoms with E-state index in [1.54, 1.807) is 12.1 Å². The minimum atomic E-state index is 0.0728. The fourth-order valence-electron chi connectivity index (χ4n) is 2.72. The van der Waals surface area contributed by atoms with Crippen LogP contribution in [-0.4, -0.2) is 30.4 Å². The van der Waals surface area contributed by atoms with Crippen molar-refractivity contribution in [3.05, 3.63) is 24.3 Å². The van der Waals surface area contributed by atoms with Gasteiger partial charge in [0.25, 0.3) is 0 Å². The zero-order valence-corrected chi connectivity index (χ0v) is 13.2. The summed E-state index contributed by atoms with van der Waals surface area (Å²) >= 11 is 0. The van der Waals surface area contributed by atoms with E-state index in [1.807, 2.05) is 12.1 Å². The summed E-state index contributed by atoms with van der Waals surface area (Å²) in [6, 6.07) is 7.26. The SMILES string of the molecule is CCC1(C)CCN(CCC(=O)Nc2ccc(N)cc2)CC1. The topological polar surface area (TPSA) is 58.4 Å². The Labute approximate surface area is 127 Å². The first-order valence-corrected chi connectivity index (χ1v) is 7.88. The lowest BCUT2D eigenvalue weighted by Crippen LogP contribution is -2.39. The Morgan fingerprint density at radius 1 is 1.29 bits per heavy atom. The van der Waals surface area contributed by atoms with Crippen LogP contribution >= 0.6 is 0 Å². The van der Waals surface area contributed by atoms with Gasteiger partial charge >= 0.3 is 0 Å². The molecule has 0 bridgehead atoms. The number of nitrogens with zero attached hydrogens (tertiary/aromatic N) is 1. The Bertz CT molecular complexity index is 461. The van der Waals surface area contributed by atoms with E-state index in [9.17, 15) is 4.79 Å². The van der Waals surface area contributed by atoms with E-state index in [1.165, 1.54) is 19.3 Å². The van der Waals surface area contributed by atoms with Crippen LogP contribution in [0.2, 0.25) is 0 Å². The predicted octanol–water partition coefficient (Wildman–Crippen LogP) is 3.11. The molecule has 1 aromatic rings. The highest BCUT2D eigenvalue weighted by molar-refractivity contribution is 5.90. The Morgan fingerprint density at radius 2 is 1.90 bits per heavy atom. The number of carbonyl (C=O) groups excluding carboxylic acids is 1. The molecule has 1 saturated heterocycles. The average molecular weight is 289 g/mol. The Balaban J connectivity index is 1.71.